The molecular weight excluding hydrogens is 1840 g/mol. The number of nitrogens with zero attached hydrogens (tertiary/aromatic N) is 11. The van der Waals surface area contributed by atoms with Crippen molar-refractivity contribution in [3.05, 3.63) is 133 Å². The SMILES string of the molecule is CCN(CC)S(=O)(=O)c1cc(N)ccc1N1CCCCC1.CCN(CC)c1ccc(N)cc1S(=O)(=O)N1CCCCCC1.CCOCCNS(=O)(=O)c1cc(N)ccc1N1CCN(C)CC1.COc1ccc(NS(=O)(=O)c2cc(N)ccc2N2CCOCC2)cc1.Nc1ccc(N2CCCCC2)c(S(=O)(=O)N2CCCCC2)c1.Nc1ccc(N2CCCCCC2)c(S(=O)(=O)N2CCCC2)c1. The number of nitrogens with one attached hydrogen (secondary N) is 2. The number of anilines is 13. The summed E-state index contributed by atoms with van der Waals surface area (Å²) in [5.74, 6) is 0.654. The van der Waals surface area contributed by atoms with Crippen LogP contribution in [0.1, 0.15) is 157 Å². The minimum Gasteiger partial charge on any atom is -0.497 e. The van der Waals surface area contributed by atoms with Crippen LogP contribution in [0.25, 0.3) is 0 Å². The van der Waals surface area contributed by atoms with Gasteiger partial charge in [-0.1, -0.05) is 46.0 Å². The first-order valence-corrected chi connectivity index (χ1v) is 56.7. The smallest absolute Gasteiger partial charge is 0.264 e. The monoisotopic (exact) mass is 1990 g/mol. The molecule has 7 aromatic rings. The minimum absolute atomic E-state index is 0.158. The van der Waals surface area contributed by atoms with Gasteiger partial charge < -0.3 is 82.9 Å². The molecule has 750 valence electrons. The van der Waals surface area contributed by atoms with Crippen LogP contribution >= 0.6 is 0 Å². The van der Waals surface area contributed by atoms with Gasteiger partial charge in [-0.2, -0.15) is 17.2 Å². The maximum atomic E-state index is 13.1. The maximum absolute atomic E-state index is 13.1. The van der Waals surface area contributed by atoms with E-state index in [2.05, 4.69) is 45.9 Å². The fraction of sp³-hybridized carbons (Fsp3) is 0.558. The summed E-state index contributed by atoms with van der Waals surface area (Å²) in [6, 6.07) is 37.7. The zero-order valence-electron chi connectivity index (χ0n) is 80.2. The number of rotatable bonds is 28. The van der Waals surface area contributed by atoms with Gasteiger partial charge in [0.25, 0.3) is 10.0 Å². The van der Waals surface area contributed by atoms with Crippen LogP contribution in [0, 0.1) is 0 Å². The number of sulfonamides is 6. The molecule has 8 fully saturated rings. The number of hydrogen-bond acceptors (Lipinski definition) is 28. The Morgan fingerprint density at radius 2 is 0.652 bits per heavy atom. The van der Waals surface area contributed by atoms with E-state index in [-0.39, 0.29) is 16.3 Å². The molecule has 8 aliphatic heterocycles. The Bertz CT molecular complexity index is 5620. The van der Waals surface area contributed by atoms with E-state index in [1.54, 1.807) is 111 Å². The maximum Gasteiger partial charge on any atom is 0.264 e. The van der Waals surface area contributed by atoms with Crippen molar-refractivity contribution >= 4 is 134 Å². The number of hydrogen-bond donors (Lipinski definition) is 8. The fourth-order valence-corrected chi connectivity index (χ4v) is 27.4. The second kappa shape index (κ2) is 51.7. The number of ether oxygens (including phenoxy) is 3. The molecule has 0 atom stereocenters. The first-order valence-electron chi connectivity index (χ1n) is 48.0. The van der Waals surface area contributed by atoms with E-state index in [1.165, 1.54) is 42.1 Å². The van der Waals surface area contributed by atoms with Crippen LogP contribution in [0.15, 0.2) is 163 Å². The summed E-state index contributed by atoms with van der Waals surface area (Å²) in [5.41, 5.74) is 42.9. The van der Waals surface area contributed by atoms with Gasteiger partial charge in [-0.25, -0.2) is 55.2 Å². The van der Waals surface area contributed by atoms with Crippen molar-refractivity contribution in [2.75, 3.05) is 260 Å². The van der Waals surface area contributed by atoms with E-state index in [9.17, 15) is 50.5 Å². The highest BCUT2D eigenvalue weighted by Gasteiger charge is 2.36. The molecule has 0 radical (unpaired) electrons. The summed E-state index contributed by atoms with van der Waals surface area (Å²) in [7, 11) is -17.7. The van der Waals surface area contributed by atoms with Crippen LogP contribution in [0.3, 0.4) is 0 Å². The van der Waals surface area contributed by atoms with Crippen molar-refractivity contribution in [3.63, 3.8) is 0 Å². The lowest BCUT2D eigenvalue weighted by atomic mass is 10.1. The summed E-state index contributed by atoms with van der Waals surface area (Å²) >= 11 is 0. The van der Waals surface area contributed by atoms with Crippen LogP contribution in [0.2, 0.25) is 0 Å². The number of nitrogens with two attached hydrogens (primary N) is 6. The van der Waals surface area contributed by atoms with Crippen molar-refractivity contribution < 1.29 is 64.7 Å². The largest absolute Gasteiger partial charge is 0.497 e. The Labute approximate surface area is 805 Å². The summed E-state index contributed by atoms with van der Waals surface area (Å²) in [6.07, 6.45) is 20.5. The van der Waals surface area contributed by atoms with Gasteiger partial charge in [-0.3, -0.25) is 4.72 Å². The first-order chi connectivity index (χ1) is 64.6. The summed E-state index contributed by atoms with van der Waals surface area (Å²) < 4.78 is 182. The second-order valence-corrected chi connectivity index (χ2v) is 45.8. The number of benzene rings is 7. The van der Waals surface area contributed by atoms with E-state index in [0.29, 0.717) is 168 Å². The van der Waals surface area contributed by atoms with Gasteiger partial charge in [0, 0.05) is 197 Å². The minimum atomic E-state index is -3.79. The van der Waals surface area contributed by atoms with Gasteiger partial charge >= 0.3 is 0 Å². The highest BCUT2D eigenvalue weighted by molar-refractivity contribution is 7.93. The molecule has 0 unspecified atom stereocenters. The zero-order chi connectivity index (χ0) is 97.5. The van der Waals surface area contributed by atoms with E-state index in [0.717, 1.165) is 198 Å². The number of likely N-dealkylation sites (N-methyl/N-ethyl adjacent to an activating group) is 1. The summed E-state index contributed by atoms with van der Waals surface area (Å²) in [6.45, 7) is 28.3. The summed E-state index contributed by atoms with van der Waals surface area (Å²) in [4.78, 5) is 16.8. The number of morpholine rings is 1. The highest BCUT2D eigenvalue weighted by atomic mass is 32.2. The standard InChI is InChI=1S/C17H21N3O4S.2C16H25N3O2S.C16H27N3O2S.C15H26N4O3S.C15H25N3O2S/c1-23-15-5-3-14(4-6-15)19-25(21,22)17-12-13(18)2-7-16(17)20-8-10-24-11-9-20;17-14-7-8-15(18-9-3-1-4-10-18)16(13-14)22(20,21)19-11-5-2-6-12-19;17-14-7-8-15(18-9-3-1-2-4-10-18)16(13-14)22(20,21)19-11-5-6-12-19;1-3-18(4-2)15-10-9-14(17)13-16(15)22(20,21)19-11-7-5-6-8-12-19;1-3-22-11-6-17-23(20,21)15-12-13(16)4-5-14(15)19-9-7-18(2)8-10-19;1-3-18(4-2)21(19,20)15-12-13(16)8-9-14(15)17-10-6-5-7-11-17/h2-7,12,19H,8-11,18H2,1H3;2*7-8,13H,1-6,9-12,17H2;9-10,13H,3-8,11-12,17H2,1-2H3;4-5,12,17H,3,6-11,16H2,1-2H3;8-9,12H,3-7,10-11,16H2,1-2H3. The molecule has 14 N–H and O–H groups in total. The Hall–Kier alpha value is -8.88. The molecule has 7 aromatic carbocycles. The number of piperazine rings is 1. The average Bonchev–Trinajstić information content (AvgIpc) is 1.54. The Morgan fingerprint density at radius 1 is 0.341 bits per heavy atom. The van der Waals surface area contributed by atoms with Crippen molar-refractivity contribution in [2.24, 2.45) is 0 Å². The molecule has 135 heavy (non-hydrogen) atoms. The lowest BCUT2D eigenvalue weighted by molar-refractivity contribution is 0.122. The zero-order valence-corrected chi connectivity index (χ0v) is 85.1. The lowest BCUT2D eigenvalue weighted by Crippen LogP contribution is -2.45. The average molecular weight is 1990 g/mol. The molecule has 0 saturated carbocycles. The first kappa shape index (κ1) is 108. The number of piperidine rings is 3. The quantitative estimate of drug-likeness (QED) is 0.0167. The van der Waals surface area contributed by atoms with Gasteiger partial charge in [0.1, 0.15) is 35.1 Å². The highest BCUT2D eigenvalue weighted by Crippen LogP contribution is 2.39. The third kappa shape index (κ3) is 29.8. The van der Waals surface area contributed by atoms with E-state index < -0.39 is 60.1 Å². The molecular formula is C95H149N19O15S6. The van der Waals surface area contributed by atoms with Crippen LogP contribution in [-0.4, -0.2) is 264 Å². The van der Waals surface area contributed by atoms with E-state index >= 15 is 0 Å². The molecule has 0 aromatic heterocycles. The Morgan fingerprint density at radius 3 is 1.03 bits per heavy atom. The molecule has 0 amide bonds. The predicted octanol–water partition coefficient (Wildman–Crippen LogP) is 12.1. The van der Waals surface area contributed by atoms with Crippen molar-refractivity contribution in [1.82, 2.24) is 26.8 Å². The third-order valence-electron chi connectivity index (χ3n) is 25.3. The molecule has 8 saturated heterocycles. The molecule has 40 heteroatoms. The molecule has 15 rings (SSSR count). The predicted molar refractivity (Wildman–Crippen MR) is 548 cm³/mol. The Balaban J connectivity index is 0.000000168. The second-order valence-electron chi connectivity index (χ2n) is 34.8. The van der Waals surface area contributed by atoms with Crippen molar-refractivity contribution in [2.45, 2.75) is 186 Å². The molecule has 8 heterocycles. The van der Waals surface area contributed by atoms with Crippen LogP contribution in [0.4, 0.5) is 73.9 Å². The fourth-order valence-electron chi connectivity index (χ4n) is 17.8. The Kier molecular flexibility index (Phi) is 41.4. The number of methoxy groups -OCH3 is 1. The van der Waals surface area contributed by atoms with Crippen molar-refractivity contribution in [1.29, 1.82) is 0 Å². The number of nitrogen functional groups attached to an aromatic ring is 6. The molecule has 34 nitrogen and oxygen atoms in total. The molecule has 8 aliphatic rings. The van der Waals surface area contributed by atoms with Gasteiger partial charge in [-0.05, 0) is 251 Å². The van der Waals surface area contributed by atoms with Gasteiger partial charge in [0.15, 0.2) is 0 Å². The van der Waals surface area contributed by atoms with E-state index in [4.69, 9.17) is 48.6 Å². The van der Waals surface area contributed by atoms with Gasteiger partial charge in [0.2, 0.25) is 50.1 Å². The molecule has 0 bridgehead atoms. The molecule has 0 spiro atoms. The van der Waals surface area contributed by atoms with Gasteiger partial charge in [0.05, 0.1) is 61.1 Å². The van der Waals surface area contributed by atoms with Crippen LogP contribution < -0.4 is 78.0 Å². The van der Waals surface area contributed by atoms with Crippen LogP contribution in [-0.2, 0) is 69.6 Å². The topological polar surface area (TPSA) is 448 Å². The van der Waals surface area contributed by atoms with Crippen LogP contribution in [0.5, 0.6) is 5.75 Å². The van der Waals surface area contributed by atoms with E-state index in [1.807, 2.05) is 69.9 Å². The van der Waals surface area contributed by atoms with Gasteiger partial charge in [-0.15, -0.1) is 0 Å². The normalized spacial score (nSPS) is 17.8. The third-order valence-corrected chi connectivity index (χ3v) is 36.1. The van der Waals surface area contributed by atoms with Crippen molar-refractivity contribution in [3.8, 4) is 5.75 Å². The molecule has 0 aliphatic carbocycles. The lowest BCUT2D eigenvalue weighted by Gasteiger charge is -2.35. The summed E-state index contributed by atoms with van der Waals surface area (Å²) in [5, 5.41) is 0.